The van der Waals surface area contributed by atoms with Crippen LogP contribution in [0.15, 0.2) is 12.1 Å². The van der Waals surface area contributed by atoms with E-state index in [1.807, 2.05) is 13.8 Å². The molecule has 112 valence electrons. The van der Waals surface area contributed by atoms with Gasteiger partial charge in [-0.15, -0.1) is 0 Å². The normalized spacial score (nSPS) is 10.8. The van der Waals surface area contributed by atoms with Crippen LogP contribution in [0.3, 0.4) is 0 Å². The number of nitrogens with zero attached hydrogens (tertiary/aromatic N) is 1. The molecule has 0 heterocycles. The van der Waals surface area contributed by atoms with Gasteiger partial charge in [-0.3, -0.25) is 4.79 Å². The molecule has 0 bridgehead atoms. The second kappa shape index (κ2) is 7.29. The average Bonchev–Trinajstić information content (AvgIpc) is 2.34. The first-order chi connectivity index (χ1) is 9.31. The molecular weight excluding hydrogens is 252 g/mol. The van der Waals surface area contributed by atoms with Crippen molar-refractivity contribution in [2.24, 2.45) is 0 Å². The van der Waals surface area contributed by atoms with Crippen LogP contribution in [0.2, 0.25) is 0 Å². The number of aryl methyl sites for hydroxylation is 2. The standard InChI is InChI=1S/C16H26N2O2/c1-11(2)17-9-14-7-12(3)16(13(4)8-14)20-10-15(19)18(5)6/h7-8,11,17H,9-10H2,1-6H3. The number of nitrogens with one attached hydrogen (secondary N) is 1. The molecule has 20 heavy (non-hydrogen) atoms. The Morgan fingerprint density at radius 2 is 1.80 bits per heavy atom. The fourth-order valence-electron chi connectivity index (χ4n) is 1.95. The van der Waals surface area contributed by atoms with Crippen molar-refractivity contribution >= 4 is 5.91 Å². The maximum atomic E-state index is 11.6. The monoisotopic (exact) mass is 278 g/mol. The summed E-state index contributed by atoms with van der Waals surface area (Å²) in [4.78, 5) is 13.1. The molecule has 0 fully saturated rings. The fraction of sp³-hybridized carbons (Fsp3) is 0.562. The van der Waals surface area contributed by atoms with Crippen molar-refractivity contribution < 1.29 is 9.53 Å². The van der Waals surface area contributed by atoms with Crippen LogP contribution < -0.4 is 10.1 Å². The lowest BCUT2D eigenvalue weighted by atomic mass is 10.1. The quantitative estimate of drug-likeness (QED) is 0.868. The zero-order chi connectivity index (χ0) is 15.3. The minimum Gasteiger partial charge on any atom is -0.483 e. The molecule has 0 spiro atoms. The summed E-state index contributed by atoms with van der Waals surface area (Å²) >= 11 is 0. The third-order valence-corrected chi connectivity index (χ3v) is 3.07. The van der Waals surface area contributed by atoms with E-state index in [4.69, 9.17) is 4.74 Å². The number of rotatable bonds is 6. The number of hydrogen-bond donors (Lipinski definition) is 1. The Kier molecular flexibility index (Phi) is 6.02. The predicted molar refractivity (Wildman–Crippen MR) is 82.1 cm³/mol. The first kappa shape index (κ1) is 16.5. The molecule has 1 rings (SSSR count). The number of amides is 1. The number of carbonyl (C=O) groups is 1. The van der Waals surface area contributed by atoms with E-state index in [1.54, 1.807) is 14.1 Å². The first-order valence-electron chi connectivity index (χ1n) is 6.97. The van der Waals surface area contributed by atoms with E-state index < -0.39 is 0 Å². The van der Waals surface area contributed by atoms with E-state index in [0.717, 1.165) is 23.4 Å². The molecule has 1 N–H and O–H groups in total. The lowest BCUT2D eigenvalue weighted by molar-refractivity contribution is -0.130. The van der Waals surface area contributed by atoms with E-state index in [1.165, 1.54) is 10.5 Å². The number of benzene rings is 1. The van der Waals surface area contributed by atoms with Crippen LogP contribution in [0.25, 0.3) is 0 Å². The van der Waals surface area contributed by atoms with Crippen LogP contribution in [0.1, 0.15) is 30.5 Å². The highest BCUT2D eigenvalue weighted by Crippen LogP contribution is 2.25. The first-order valence-corrected chi connectivity index (χ1v) is 6.97. The van der Waals surface area contributed by atoms with Crippen molar-refractivity contribution in [2.45, 2.75) is 40.3 Å². The molecule has 0 unspecified atom stereocenters. The molecular formula is C16H26N2O2. The van der Waals surface area contributed by atoms with Gasteiger partial charge in [-0.05, 0) is 30.5 Å². The van der Waals surface area contributed by atoms with Crippen molar-refractivity contribution in [1.29, 1.82) is 0 Å². The molecule has 0 atom stereocenters. The topological polar surface area (TPSA) is 41.6 Å². The van der Waals surface area contributed by atoms with Crippen molar-refractivity contribution in [3.63, 3.8) is 0 Å². The molecule has 0 radical (unpaired) electrons. The maximum absolute atomic E-state index is 11.6. The molecule has 0 aliphatic heterocycles. The van der Waals surface area contributed by atoms with E-state index >= 15 is 0 Å². The summed E-state index contributed by atoms with van der Waals surface area (Å²) in [6.45, 7) is 9.21. The van der Waals surface area contributed by atoms with E-state index in [9.17, 15) is 4.79 Å². The third kappa shape index (κ3) is 4.85. The number of ether oxygens (including phenoxy) is 1. The number of likely N-dealkylation sites (N-methyl/N-ethyl adjacent to an activating group) is 1. The third-order valence-electron chi connectivity index (χ3n) is 3.07. The minimum atomic E-state index is -0.0330. The summed E-state index contributed by atoms with van der Waals surface area (Å²) in [6, 6.07) is 4.68. The Labute approximate surface area is 122 Å². The van der Waals surface area contributed by atoms with Crippen LogP contribution in [-0.4, -0.2) is 37.6 Å². The van der Waals surface area contributed by atoms with Crippen molar-refractivity contribution in [1.82, 2.24) is 10.2 Å². The predicted octanol–water partition coefficient (Wildman–Crippen LogP) is 2.27. The van der Waals surface area contributed by atoms with Gasteiger partial charge in [0.2, 0.25) is 0 Å². The SMILES string of the molecule is Cc1cc(CNC(C)C)cc(C)c1OCC(=O)N(C)C. The van der Waals surface area contributed by atoms with Gasteiger partial charge in [0.1, 0.15) is 5.75 Å². The highest BCUT2D eigenvalue weighted by atomic mass is 16.5. The van der Waals surface area contributed by atoms with E-state index in [0.29, 0.717) is 6.04 Å². The second-order valence-electron chi connectivity index (χ2n) is 5.67. The molecule has 4 nitrogen and oxygen atoms in total. The molecule has 0 aliphatic rings. The Morgan fingerprint density at radius 1 is 1.25 bits per heavy atom. The number of carbonyl (C=O) groups excluding carboxylic acids is 1. The van der Waals surface area contributed by atoms with Gasteiger partial charge in [0.25, 0.3) is 5.91 Å². The minimum absolute atomic E-state index is 0.0330. The summed E-state index contributed by atoms with van der Waals surface area (Å²) in [7, 11) is 3.46. The number of hydrogen-bond acceptors (Lipinski definition) is 3. The molecule has 0 saturated carbocycles. The molecule has 1 amide bonds. The lowest BCUT2D eigenvalue weighted by Crippen LogP contribution is -2.27. The van der Waals surface area contributed by atoms with Crippen LogP contribution in [-0.2, 0) is 11.3 Å². The van der Waals surface area contributed by atoms with E-state index in [2.05, 4.69) is 31.3 Å². The van der Waals surface area contributed by atoms with Crippen LogP contribution >= 0.6 is 0 Å². The molecule has 4 heteroatoms. The van der Waals surface area contributed by atoms with Gasteiger partial charge in [-0.2, -0.15) is 0 Å². The lowest BCUT2D eigenvalue weighted by Gasteiger charge is -2.16. The van der Waals surface area contributed by atoms with Gasteiger partial charge in [0, 0.05) is 26.7 Å². The average molecular weight is 278 g/mol. The van der Waals surface area contributed by atoms with Gasteiger partial charge in [-0.25, -0.2) is 0 Å². The van der Waals surface area contributed by atoms with Gasteiger partial charge < -0.3 is 15.0 Å². The van der Waals surface area contributed by atoms with Crippen LogP contribution in [0.4, 0.5) is 0 Å². The summed E-state index contributed by atoms with van der Waals surface area (Å²) in [5.74, 6) is 0.780. The molecule has 0 aliphatic carbocycles. The van der Waals surface area contributed by atoms with E-state index in [-0.39, 0.29) is 12.5 Å². The Bertz CT molecular complexity index is 445. The summed E-state index contributed by atoms with van der Waals surface area (Å²) in [5.41, 5.74) is 3.37. The summed E-state index contributed by atoms with van der Waals surface area (Å²) < 4.78 is 5.66. The molecule has 1 aromatic carbocycles. The molecule has 0 aromatic heterocycles. The van der Waals surface area contributed by atoms with Crippen molar-refractivity contribution in [2.75, 3.05) is 20.7 Å². The highest BCUT2D eigenvalue weighted by molar-refractivity contribution is 5.77. The Balaban J connectivity index is 2.76. The van der Waals surface area contributed by atoms with Gasteiger partial charge in [0.15, 0.2) is 6.61 Å². The largest absolute Gasteiger partial charge is 0.483 e. The summed E-state index contributed by atoms with van der Waals surface area (Å²) in [6.07, 6.45) is 0. The maximum Gasteiger partial charge on any atom is 0.259 e. The van der Waals surface area contributed by atoms with Crippen molar-refractivity contribution in [3.8, 4) is 5.75 Å². The molecule has 1 aromatic rings. The van der Waals surface area contributed by atoms with Crippen LogP contribution in [0, 0.1) is 13.8 Å². The van der Waals surface area contributed by atoms with Gasteiger partial charge in [0.05, 0.1) is 0 Å². The van der Waals surface area contributed by atoms with Gasteiger partial charge in [-0.1, -0.05) is 26.0 Å². The zero-order valence-corrected chi connectivity index (χ0v) is 13.4. The van der Waals surface area contributed by atoms with Gasteiger partial charge >= 0.3 is 0 Å². The smallest absolute Gasteiger partial charge is 0.259 e. The van der Waals surface area contributed by atoms with Crippen molar-refractivity contribution in [3.05, 3.63) is 28.8 Å². The Hall–Kier alpha value is -1.55. The van der Waals surface area contributed by atoms with Crippen LogP contribution in [0.5, 0.6) is 5.75 Å². The fourth-order valence-corrected chi connectivity index (χ4v) is 1.95. The summed E-state index contributed by atoms with van der Waals surface area (Å²) in [5, 5.41) is 3.40. The molecule has 0 saturated heterocycles. The highest BCUT2D eigenvalue weighted by Gasteiger charge is 2.10. The zero-order valence-electron chi connectivity index (χ0n) is 13.4. The second-order valence-corrected chi connectivity index (χ2v) is 5.67. The Morgan fingerprint density at radius 3 is 2.25 bits per heavy atom.